The zero-order valence-electron chi connectivity index (χ0n) is 13.4. The minimum Gasteiger partial charge on any atom is -0.352 e. The molecule has 0 spiro atoms. The summed E-state index contributed by atoms with van der Waals surface area (Å²) in [6, 6.07) is 1.31. The first kappa shape index (κ1) is 15.3. The third kappa shape index (κ3) is 4.43. The van der Waals surface area contributed by atoms with E-state index in [1.54, 1.807) is 0 Å². The van der Waals surface area contributed by atoms with Crippen molar-refractivity contribution in [2.24, 2.45) is 5.92 Å². The van der Waals surface area contributed by atoms with Gasteiger partial charge in [0.15, 0.2) is 0 Å². The molecule has 2 aliphatic carbocycles. The normalized spacial score (nSPS) is 26.9. The zero-order valence-corrected chi connectivity index (χ0v) is 13.4. The Balaban J connectivity index is 1.36. The van der Waals surface area contributed by atoms with E-state index in [1.165, 1.54) is 57.9 Å². The van der Waals surface area contributed by atoms with Crippen LogP contribution in [0.2, 0.25) is 0 Å². The van der Waals surface area contributed by atoms with Crippen molar-refractivity contribution in [3.05, 3.63) is 0 Å². The van der Waals surface area contributed by atoms with Crippen LogP contribution < -0.4 is 10.6 Å². The van der Waals surface area contributed by atoms with Gasteiger partial charge in [-0.25, -0.2) is 0 Å². The molecular weight excluding hydrogens is 262 g/mol. The predicted molar refractivity (Wildman–Crippen MR) is 85.2 cm³/mol. The van der Waals surface area contributed by atoms with Gasteiger partial charge in [-0.3, -0.25) is 9.69 Å². The fourth-order valence-corrected chi connectivity index (χ4v) is 3.72. The van der Waals surface area contributed by atoms with E-state index in [2.05, 4.69) is 22.5 Å². The average molecular weight is 293 g/mol. The van der Waals surface area contributed by atoms with Gasteiger partial charge in [-0.2, -0.15) is 0 Å². The molecule has 3 rings (SSSR count). The predicted octanol–water partition coefficient (Wildman–Crippen LogP) is 1.90. The molecule has 120 valence electrons. The maximum atomic E-state index is 12.3. The number of nitrogens with one attached hydrogen (secondary N) is 2. The number of amides is 1. The fourth-order valence-electron chi connectivity index (χ4n) is 3.72. The maximum absolute atomic E-state index is 12.3. The van der Waals surface area contributed by atoms with Gasteiger partial charge in [-0.15, -0.1) is 0 Å². The smallest absolute Gasteiger partial charge is 0.237 e. The Morgan fingerprint density at radius 1 is 1.05 bits per heavy atom. The summed E-state index contributed by atoms with van der Waals surface area (Å²) in [5.41, 5.74) is 0. The molecule has 1 amide bonds. The molecule has 1 heterocycles. The van der Waals surface area contributed by atoms with Crippen LogP contribution in [0.4, 0.5) is 0 Å². The van der Waals surface area contributed by atoms with E-state index in [9.17, 15) is 4.79 Å². The summed E-state index contributed by atoms with van der Waals surface area (Å²) in [7, 11) is 0. The van der Waals surface area contributed by atoms with Crippen molar-refractivity contribution >= 4 is 5.91 Å². The first-order chi connectivity index (χ1) is 10.2. The van der Waals surface area contributed by atoms with Crippen LogP contribution in [0.3, 0.4) is 0 Å². The fraction of sp³-hybridized carbons (Fsp3) is 0.941. The van der Waals surface area contributed by atoms with E-state index in [0.717, 1.165) is 25.0 Å². The number of piperidine rings is 1. The molecule has 0 radical (unpaired) electrons. The zero-order chi connectivity index (χ0) is 14.7. The van der Waals surface area contributed by atoms with Crippen LogP contribution in [0, 0.1) is 5.92 Å². The number of nitrogens with zero attached hydrogens (tertiary/aromatic N) is 1. The minimum absolute atomic E-state index is 0.0444. The largest absolute Gasteiger partial charge is 0.352 e. The van der Waals surface area contributed by atoms with Crippen molar-refractivity contribution in [3.8, 4) is 0 Å². The van der Waals surface area contributed by atoms with Gasteiger partial charge in [-0.1, -0.05) is 12.8 Å². The Labute approximate surface area is 129 Å². The minimum atomic E-state index is 0.0444. The molecule has 0 aromatic carbocycles. The summed E-state index contributed by atoms with van der Waals surface area (Å²) < 4.78 is 0. The molecular formula is C17H31N3O. The lowest BCUT2D eigenvalue weighted by molar-refractivity contribution is -0.127. The van der Waals surface area contributed by atoms with Gasteiger partial charge in [0, 0.05) is 12.1 Å². The number of hydrogen-bond acceptors (Lipinski definition) is 3. The highest BCUT2D eigenvalue weighted by atomic mass is 16.2. The van der Waals surface area contributed by atoms with Crippen LogP contribution in [0.25, 0.3) is 0 Å². The van der Waals surface area contributed by atoms with E-state index < -0.39 is 0 Å². The summed E-state index contributed by atoms with van der Waals surface area (Å²) in [4.78, 5) is 14.7. The quantitative estimate of drug-likeness (QED) is 0.786. The molecule has 1 atom stereocenters. The molecule has 0 bridgehead atoms. The molecule has 21 heavy (non-hydrogen) atoms. The Hall–Kier alpha value is -0.610. The van der Waals surface area contributed by atoms with E-state index >= 15 is 0 Å². The van der Waals surface area contributed by atoms with Gasteiger partial charge in [0.2, 0.25) is 5.91 Å². The monoisotopic (exact) mass is 293 g/mol. The van der Waals surface area contributed by atoms with Crippen LogP contribution in [0.15, 0.2) is 0 Å². The molecule has 2 N–H and O–H groups in total. The van der Waals surface area contributed by atoms with E-state index in [4.69, 9.17) is 0 Å². The van der Waals surface area contributed by atoms with Crippen LogP contribution >= 0.6 is 0 Å². The summed E-state index contributed by atoms with van der Waals surface area (Å²) in [6.07, 6.45) is 10.1. The maximum Gasteiger partial charge on any atom is 0.237 e. The van der Waals surface area contributed by atoms with Crippen molar-refractivity contribution in [1.29, 1.82) is 0 Å². The second-order valence-electron chi connectivity index (χ2n) is 7.33. The first-order valence-corrected chi connectivity index (χ1v) is 9.00. The van der Waals surface area contributed by atoms with Crippen molar-refractivity contribution < 1.29 is 4.79 Å². The number of rotatable bonds is 6. The van der Waals surface area contributed by atoms with Crippen molar-refractivity contribution in [2.45, 2.75) is 76.4 Å². The number of carbonyl (C=O) groups is 1. The highest BCUT2D eigenvalue weighted by molar-refractivity contribution is 5.81. The second-order valence-corrected chi connectivity index (χ2v) is 7.33. The SMILES string of the molecule is CC(C(=O)NC1CCCC1)N1CCC(CNC2CC2)CC1. The van der Waals surface area contributed by atoms with E-state index in [0.29, 0.717) is 6.04 Å². The molecule has 3 aliphatic rings. The molecule has 4 heteroatoms. The van der Waals surface area contributed by atoms with Crippen molar-refractivity contribution in [2.75, 3.05) is 19.6 Å². The topological polar surface area (TPSA) is 44.4 Å². The highest BCUT2D eigenvalue weighted by Gasteiger charge is 2.29. The first-order valence-electron chi connectivity index (χ1n) is 9.00. The summed E-state index contributed by atoms with van der Waals surface area (Å²) >= 11 is 0. The Morgan fingerprint density at radius 3 is 2.33 bits per heavy atom. The van der Waals surface area contributed by atoms with Crippen LogP contribution in [0.1, 0.15) is 58.3 Å². The van der Waals surface area contributed by atoms with E-state index in [-0.39, 0.29) is 11.9 Å². The third-order valence-electron chi connectivity index (χ3n) is 5.55. The molecule has 3 fully saturated rings. The number of hydrogen-bond donors (Lipinski definition) is 2. The van der Waals surface area contributed by atoms with Gasteiger partial charge >= 0.3 is 0 Å². The van der Waals surface area contributed by atoms with Gasteiger partial charge in [-0.05, 0) is 71.0 Å². The molecule has 4 nitrogen and oxygen atoms in total. The highest BCUT2D eigenvalue weighted by Crippen LogP contribution is 2.23. The van der Waals surface area contributed by atoms with Gasteiger partial charge in [0.05, 0.1) is 6.04 Å². The average Bonchev–Trinajstić information content (AvgIpc) is 3.20. The summed E-state index contributed by atoms with van der Waals surface area (Å²) in [6.45, 7) is 5.42. The number of likely N-dealkylation sites (tertiary alicyclic amines) is 1. The molecule has 1 aliphatic heterocycles. The lowest BCUT2D eigenvalue weighted by Crippen LogP contribution is -2.50. The van der Waals surface area contributed by atoms with Gasteiger partial charge < -0.3 is 10.6 Å². The summed E-state index contributed by atoms with van der Waals surface area (Å²) in [5.74, 6) is 1.06. The molecule has 2 saturated carbocycles. The standard InChI is InChI=1S/C17H31N3O/c1-13(17(21)19-16-4-2-3-5-16)20-10-8-14(9-11-20)12-18-15-6-7-15/h13-16,18H,2-12H2,1H3,(H,19,21). The molecule has 1 unspecified atom stereocenters. The van der Waals surface area contributed by atoms with E-state index in [1.807, 2.05) is 0 Å². The number of carbonyl (C=O) groups excluding carboxylic acids is 1. The Kier molecular flexibility index (Phi) is 5.17. The molecule has 0 aromatic heterocycles. The molecule has 1 saturated heterocycles. The summed E-state index contributed by atoms with van der Waals surface area (Å²) in [5, 5.41) is 6.89. The third-order valence-corrected chi connectivity index (χ3v) is 5.55. The lowest BCUT2D eigenvalue weighted by atomic mass is 9.95. The van der Waals surface area contributed by atoms with Crippen molar-refractivity contribution in [3.63, 3.8) is 0 Å². The van der Waals surface area contributed by atoms with Crippen molar-refractivity contribution in [1.82, 2.24) is 15.5 Å². The van der Waals surface area contributed by atoms with Crippen LogP contribution in [-0.2, 0) is 4.79 Å². The van der Waals surface area contributed by atoms with Crippen LogP contribution in [-0.4, -0.2) is 48.6 Å². The second kappa shape index (κ2) is 7.10. The molecule has 0 aromatic rings. The Bertz CT molecular complexity index is 342. The Morgan fingerprint density at radius 2 is 1.71 bits per heavy atom. The van der Waals surface area contributed by atoms with Gasteiger partial charge in [0.25, 0.3) is 0 Å². The van der Waals surface area contributed by atoms with Crippen LogP contribution in [0.5, 0.6) is 0 Å². The van der Waals surface area contributed by atoms with Gasteiger partial charge in [0.1, 0.15) is 0 Å². The lowest BCUT2D eigenvalue weighted by Gasteiger charge is -2.35.